The van der Waals surface area contributed by atoms with Gasteiger partial charge in [0.1, 0.15) is 5.52 Å². The average molecular weight is 453 g/mol. The van der Waals surface area contributed by atoms with Gasteiger partial charge < -0.3 is 9.32 Å². The van der Waals surface area contributed by atoms with Crippen LogP contribution in [0.25, 0.3) is 11.1 Å². The van der Waals surface area contributed by atoms with Gasteiger partial charge in [0.25, 0.3) is 0 Å². The standard InChI is InChI=1S/C25H22Cl2N2O2/c1-2-21(18-8-4-3-5-9-18)25(30)29(15-17-7-6-10-19(26)13-17)16-24-28-22-14-20(27)11-12-23(22)31-24/h3-14,21H,2,15-16H2,1H3/t21-/m0/s1. The Balaban J connectivity index is 1.66. The summed E-state index contributed by atoms with van der Waals surface area (Å²) in [5.74, 6) is 0.240. The summed E-state index contributed by atoms with van der Waals surface area (Å²) < 4.78 is 5.89. The van der Waals surface area contributed by atoms with Crippen molar-refractivity contribution in [2.45, 2.75) is 32.4 Å². The van der Waals surface area contributed by atoms with E-state index < -0.39 is 0 Å². The van der Waals surface area contributed by atoms with E-state index in [1.165, 1.54) is 0 Å². The van der Waals surface area contributed by atoms with Crippen molar-refractivity contribution in [1.82, 2.24) is 9.88 Å². The van der Waals surface area contributed by atoms with Crippen molar-refractivity contribution < 1.29 is 9.21 Å². The van der Waals surface area contributed by atoms with E-state index in [0.717, 1.165) is 11.1 Å². The van der Waals surface area contributed by atoms with E-state index in [-0.39, 0.29) is 18.4 Å². The number of nitrogens with zero attached hydrogens (tertiary/aromatic N) is 2. The van der Waals surface area contributed by atoms with Crippen molar-refractivity contribution in [2.75, 3.05) is 0 Å². The van der Waals surface area contributed by atoms with Crippen LogP contribution in [-0.4, -0.2) is 15.8 Å². The van der Waals surface area contributed by atoms with E-state index >= 15 is 0 Å². The quantitative estimate of drug-likeness (QED) is 0.307. The van der Waals surface area contributed by atoms with Crippen molar-refractivity contribution in [2.24, 2.45) is 0 Å². The molecule has 0 radical (unpaired) electrons. The van der Waals surface area contributed by atoms with E-state index in [1.807, 2.05) is 61.5 Å². The molecule has 0 aliphatic heterocycles. The molecule has 0 unspecified atom stereocenters. The molecule has 1 amide bonds. The maximum atomic E-state index is 13.6. The number of benzene rings is 3. The van der Waals surface area contributed by atoms with Gasteiger partial charge in [-0.3, -0.25) is 4.79 Å². The molecule has 3 aromatic carbocycles. The van der Waals surface area contributed by atoms with Crippen molar-refractivity contribution in [3.63, 3.8) is 0 Å². The molecule has 0 saturated carbocycles. The Morgan fingerprint density at radius 3 is 2.48 bits per heavy atom. The zero-order valence-electron chi connectivity index (χ0n) is 17.1. The fourth-order valence-electron chi connectivity index (χ4n) is 3.71. The summed E-state index contributed by atoms with van der Waals surface area (Å²) in [6, 6.07) is 22.7. The second-order valence-corrected chi connectivity index (χ2v) is 8.29. The molecular weight excluding hydrogens is 431 g/mol. The summed E-state index contributed by atoms with van der Waals surface area (Å²) in [6.45, 7) is 2.68. The van der Waals surface area contributed by atoms with Crippen LogP contribution in [0.15, 0.2) is 77.2 Å². The third kappa shape index (κ3) is 5.09. The summed E-state index contributed by atoms with van der Waals surface area (Å²) in [5.41, 5.74) is 3.26. The first kappa shape index (κ1) is 21.4. The van der Waals surface area contributed by atoms with Crippen LogP contribution in [0.3, 0.4) is 0 Å². The molecule has 1 atom stereocenters. The largest absolute Gasteiger partial charge is 0.439 e. The van der Waals surface area contributed by atoms with Crippen molar-refractivity contribution >= 4 is 40.2 Å². The average Bonchev–Trinajstić information content (AvgIpc) is 3.16. The molecule has 4 nitrogen and oxygen atoms in total. The third-order valence-corrected chi connectivity index (χ3v) is 5.67. The van der Waals surface area contributed by atoms with E-state index in [9.17, 15) is 4.79 Å². The van der Waals surface area contributed by atoms with Crippen LogP contribution in [0.1, 0.15) is 36.3 Å². The highest BCUT2D eigenvalue weighted by molar-refractivity contribution is 6.31. The summed E-state index contributed by atoms with van der Waals surface area (Å²) in [6.07, 6.45) is 0.693. The molecule has 0 spiro atoms. The Labute approximate surface area is 191 Å². The molecule has 4 rings (SSSR count). The van der Waals surface area contributed by atoms with Crippen LogP contribution < -0.4 is 0 Å². The number of rotatable bonds is 7. The highest BCUT2D eigenvalue weighted by Crippen LogP contribution is 2.26. The maximum absolute atomic E-state index is 13.6. The third-order valence-electron chi connectivity index (χ3n) is 5.20. The van der Waals surface area contributed by atoms with Crippen LogP contribution in [0.4, 0.5) is 0 Å². The first-order chi connectivity index (χ1) is 15.0. The molecule has 1 heterocycles. The van der Waals surface area contributed by atoms with Crippen LogP contribution in [0, 0.1) is 0 Å². The first-order valence-electron chi connectivity index (χ1n) is 10.2. The summed E-state index contributed by atoms with van der Waals surface area (Å²) in [7, 11) is 0. The molecular formula is C25H22Cl2N2O2. The van der Waals surface area contributed by atoms with E-state index in [2.05, 4.69) is 4.98 Å². The Morgan fingerprint density at radius 2 is 1.74 bits per heavy atom. The van der Waals surface area contributed by atoms with Gasteiger partial charge in [-0.05, 0) is 47.9 Å². The highest BCUT2D eigenvalue weighted by atomic mass is 35.5. The second-order valence-electron chi connectivity index (χ2n) is 7.42. The minimum absolute atomic E-state index is 0.0222. The van der Waals surface area contributed by atoms with E-state index in [1.54, 1.807) is 23.1 Å². The molecule has 0 aliphatic rings. The number of fused-ring (bicyclic) bond motifs is 1. The smallest absolute Gasteiger partial charge is 0.230 e. The van der Waals surface area contributed by atoms with Crippen LogP contribution >= 0.6 is 23.2 Å². The van der Waals surface area contributed by atoms with Crippen LogP contribution in [0.2, 0.25) is 10.0 Å². The molecule has 31 heavy (non-hydrogen) atoms. The zero-order chi connectivity index (χ0) is 21.8. The van der Waals surface area contributed by atoms with Crippen molar-refractivity contribution in [3.05, 3.63) is 99.9 Å². The predicted molar refractivity (Wildman–Crippen MR) is 124 cm³/mol. The number of hydrogen-bond donors (Lipinski definition) is 0. The van der Waals surface area contributed by atoms with E-state index in [0.29, 0.717) is 40.0 Å². The van der Waals surface area contributed by atoms with Gasteiger partial charge in [0.15, 0.2) is 5.58 Å². The van der Waals surface area contributed by atoms with Gasteiger partial charge in [-0.25, -0.2) is 4.98 Å². The molecule has 6 heteroatoms. The molecule has 4 aromatic rings. The number of oxazole rings is 1. The topological polar surface area (TPSA) is 46.3 Å². The molecule has 0 bridgehead atoms. The lowest BCUT2D eigenvalue weighted by Crippen LogP contribution is -2.34. The second kappa shape index (κ2) is 9.54. The fraction of sp³-hybridized carbons (Fsp3) is 0.200. The van der Waals surface area contributed by atoms with Gasteiger partial charge in [0.2, 0.25) is 11.8 Å². The summed E-state index contributed by atoms with van der Waals surface area (Å²) in [4.78, 5) is 20.0. The van der Waals surface area contributed by atoms with Crippen LogP contribution in [-0.2, 0) is 17.9 Å². The lowest BCUT2D eigenvalue weighted by Gasteiger charge is -2.26. The highest BCUT2D eigenvalue weighted by Gasteiger charge is 2.26. The number of halogens is 2. The van der Waals surface area contributed by atoms with Crippen molar-refractivity contribution in [1.29, 1.82) is 0 Å². The Kier molecular flexibility index (Phi) is 6.59. The Bertz CT molecular complexity index is 1190. The van der Waals surface area contributed by atoms with Gasteiger partial charge in [-0.15, -0.1) is 0 Å². The summed E-state index contributed by atoms with van der Waals surface area (Å²) >= 11 is 12.3. The molecule has 1 aromatic heterocycles. The molecule has 0 fully saturated rings. The zero-order valence-corrected chi connectivity index (χ0v) is 18.6. The molecule has 0 N–H and O–H groups in total. The molecule has 0 aliphatic carbocycles. The predicted octanol–water partition coefficient (Wildman–Crippen LogP) is 6.86. The number of carbonyl (C=O) groups is 1. The van der Waals surface area contributed by atoms with Gasteiger partial charge in [0.05, 0.1) is 12.5 Å². The minimum Gasteiger partial charge on any atom is -0.439 e. The number of amides is 1. The van der Waals surface area contributed by atoms with Crippen molar-refractivity contribution in [3.8, 4) is 0 Å². The first-order valence-corrected chi connectivity index (χ1v) is 10.9. The normalized spacial score (nSPS) is 12.1. The van der Waals surface area contributed by atoms with Gasteiger partial charge >= 0.3 is 0 Å². The molecule has 158 valence electrons. The number of hydrogen-bond acceptors (Lipinski definition) is 3. The maximum Gasteiger partial charge on any atom is 0.230 e. The molecule has 0 saturated heterocycles. The van der Waals surface area contributed by atoms with E-state index in [4.69, 9.17) is 27.6 Å². The summed E-state index contributed by atoms with van der Waals surface area (Å²) in [5, 5.41) is 1.23. The van der Waals surface area contributed by atoms with Crippen LogP contribution in [0.5, 0.6) is 0 Å². The lowest BCUT2D eigenvalue weighted by molar-refractivity contribution is -0.134. The number of aromatic nitrogens is 1. The monoisotopic (exact) mass is 452 g/mol. The lowest BCUT2D eigenvalue weighted by atomic mass is 9.94. The Hall–Kier alpha value is -2.82. The van der Waals surface area contributed by atoms with Gasteiger partial charge in [-0.1, -0.05) is 72.6 Å². The minimum atomic E-state index is -0.251. The Morgan fingerprint density at radius 1 is 0.968 bits per heavy atom. The number of carbonyl (C=O) groups excluding carboxylic acids is 1. The van der Waals surface area contributed by atoms with Gasteiger partial charge in [-0.2, -0.15) is 0 Å². The fourth-order valence-corrected chi connectivity index (χ4v) is 4.08. The van der Waals surface area contributed by atoms with Gasteiger partial charge in [0, 0.05) is 16.6 Å². The SMILES string of the molecule is CC[C@H](C(=O)N(Cc1cccc(Cl)c1)Cc1nc2cc(Cl)ccc2o1)c1ccccc1.